The maximum absolute atomic E-state index is 8.69. The first kappa shape index (κ1) is 21.7. The van der Waals surface area contributed by atoms with Crippen LogP contribution >= 0.6 is 0 Å². The van der Waals surface area contributed by atoms with Crippen LogP contribution in [0, 0.1) is 25.2 Å². The fourth-order valence-electron chi connectivity index (χ4n) is 3.33. The summed E-state index contributed by atoms with van der Waals surface area (Å²) >= 11 is 0. The van der Waals surface area contributed by atoms with E-state index in [4.69, 9.17) is 5.26 Å². The first-order valence-corrected chi connectivity index (χ1v) is 10.6. The Kier molecular flexibility index (Phi) is 6.67. The zero-order chi connectivity index (χ0) is 23.0. The van der Waals surface area contributed by atoms with Gasteiger partial charge >= 0.3 is 0 Å². The number of tetrazole rings is 1. The van der Waals surface area contributed by atoms with E-state index in [-0.39, 0.29) is 0 Å². The summed E-state index contributed by atoms with van der Waals surface area (Å²) in [5, 5.41) is 22.6. The molecule has 5 heteroatoms. The number of nitriles is 1. The van der Waals surface area contributed by atoms with Crippen molar-refractivity contribution in [2.24, 2.45) is 0 Å². The molecule has 5 aromatic rings. The van der Waals surface area contributed by atoms with Crippen LogP contribution in [0.3, 0.4) is 0 Å². The molecule has 0 radical (unpaired) electrons. The molecule has 0 fully saturated rings. The molecule has 0 saturated heterocycles. The molecule has 0 saturated carbocycles. The molecule has 0 aliphatic rings. The molecule has 1 aromatic heterocycles. The van der Waals surface area contributed by atoms with Crippen LogP contribution in [0.4, 0.5) is 0 Å². The Morgan fingerprint density at radius 1 is 0.576 bits per heavy atom. The number of aryl methyl sites for hydroxylation is 2. The lowest BCUT2D eigenvalue weighted by molar-refractivity contribution is 0.881. The van der Waals surface area contributed by atoms with Crippen LogP contribution in [0.15, 0.2) is 97.1 Å². The maximum atomic E-state index is 8.69. The molecule has 1 heterocycles. The number of benzene rings is 4. The second-order valence-corrected chi connectivity index (χ2v) is 7.73. The Morgan fingerprint density at radius 2 is 0.970 bits per heavy atom. The van der Waals surface area contributed by atoms with E-state index in [1.54, 1.807) is 0 Å². The van der Waals surface area contributed by atoms with Gasteiger partial charge in [0.1, 0.15) is 0 Å². The topological polar surface area (TPSA) is 78.2 Å². The third-order valence-corrected chi connectivity index (χ3v) is 5.27. The Labute approximate surface area is 193 Å². The molecule has 160 valence electrons. The molecule has 0 bridgehead atoms. The fraction of sp³-hybridized carbons (Fsp3) is 0.0714. The van der Waals surface area contributed by atoms with E-state index in [0.29, 0.717) is 11.4 Å². The molecular formula is C28H23N5. The Bertz CT molecular complexity index is 1330. The van der Waals surface area contributed by atoms with Crippen molar-refractivity contribution in [1.82, 2.24) is 20.6 Å². The van der Waals surface area contributed by atoms with E-state index in [0.717, 1.165) is 11.1 Å². The summed E-state index contributed by atoms with van der Waals surface area (Å²) in [4.78, 5) is 0. The third-order valence-electron chi connectivity index (χ3n) is 5.27. The van der Waals surface area contributed by atoms with Gasteiger partial charge in [0.05, 0.1) is 11.6 Å². The Balaban J connectivity index is 0.000000160. The van der Waals surface area contributed by atoms with Crippen LogP contribution in [0.1, 0.15) is 16.7 Å². The summed E-state index contributed by atoms with van der Waals surface area (Å²) in [5.74, 6) is 0.616. The second-order valence-electron chi connectivity index (χ2n) is 7.73. The minimum Gasteiger partial charge on any atom is -0.192 e. The Morgan fingerprint density at radius 3 is 1.36 bits per heavy atom. The summed E-state index contributed by atoms with van der Waals surface area (Å²) in [7, 11) is 0. The minimum atomic E-state index is 0.616. The van der Waals surface area contributed by atoms with Gasteiger partial charge in [0, 0.05) is 5.56 Å². The van der Waals surface area contributed by atoms with Crippen molar-refractivity contribution >= 4 is 0 Å². The van der Waals surface area contributed by atoms with Gasteiger partial charge in [0.2, 0.25) is 5.82 Å². The molecule has 1 N–H and O–H groups in total. The number of aromatic amines is 1. The first-order chi connectivity index (χ1) is 16.1. The lowest BCUT2D eigenvalue weighted by Crippen LogP contribution is -1.82. The number of rotatable bonds is 3. The lowest BCUT2D eigenvalue weighted by Gasteiger charge is -2.03. The molecule has 33 heavy (non-hydrogen) atoms. The average Bonchev–Trinajstić information content (AvgIpc) is 3.41. The van der Waals surface area contributed by atoms with Gasteiger partial charge < -0.3 is 0 Å². The van der Waals surface area contributed by atoms with E-state index < -0.39 is 0 Å². The number of aromatic nitrogens is 4. The van der Waals surface area contributed by atoms with Crippen molar-refractivity contribution in [2.45, 2.75) is 13.8 Å². The van der Waals surface area contributed by atoms with E-state index in [1.165, 1.54) is 27.8 Å². The highest BCUT2D eigenvalue weighted by Crippen LogP contribution is 2.23. The van der Waals surface area contributed by atoms with Gasteiger partial charge in [-0.1, -0.05) is 96.1 Å². The van der Waals surface area contributed by atoms with E-state index in [2.05, 4.69) is 101 Å². The summed E-state index contributed by atoms with van der Waals surface area (Å²) in [5.41, 5.74) is 8.90. The van der Waals surface area contributed by atoms with Crippen LogP contribution in [-0.4, -0.2) is 20.6 Å². The lowest BCUT2D eigenvalue weighted by atomic mass is 10.0. The molecule has 0 atom stereocenters. The number of nitrogens with zero attached hydrogens (tertiary/aromatic N) is 4. The molecule has 4 aromatic carbocycles. The van der Waals surface area contributed by atoms with Crippen molar-refractivity contribution in [2.75, 3.05) is 0 Å². The summed E-state index contributed by atoms with van der Waals surface area (Å²) in [6.45, 7) is 4.16. The fourth-order valence-corrected chi connectivity index (χ4v) is 3.33. The average molecular weight is 430 g/mol. The van der Waals surface area contributed by atoms with Crippen molar-refractivity contribution < 1.29 is 0 Å². The third kappa shape index (κ3) is 5.57. The first-order valence-electron chi connectivity index (χ1n) is 10.6. The molecule has 0 aliphatic carbocycles. The molecule has 0 spiro atoms. The van der Waals surface area contributed by atoms with E-state index in [1.807, 2.05) is 36.4 Å². The van der Waals surface area contributed by atoms with Crippen LogP contribution in [0.5, 0.6) is 0 Å². The summed E-state index contributed by atoms with van der Waals surface area (Å²) in [6.07, 6.45) is 0. The second kappa shape index (κ2) is 10.2. The SMILES string of the molecule is Cc1ccc(-c2ccc(-c3nn[nH]n3)cc2)cc1.Cc1ccc(-c2ccc(C#N)cc2)cc1. The van der Waals surface area contributed by atoms with Crippen LogP contribution in [-0.2, 0) is 0 Å². The van der Waals surface area contributed by atoms with Crippen LogP contribution < -0.4 is 0 Å². The standard InChI is InChI=1S/C14H12N4.C14H11N/c1-10-2-4-11(5-3-10)12-6-8-13(9-7-12)14-15-17-18-16-14;1-11-2-6-13(7-3-11)14-8-4-12(10-15)5-9-14/h2-9H,1H3,(H,15,16,17,18);2-9H,1H3. The predicted molar refractivity (Wildman–Crippen MR) is 131 cm³/mol. The maximum Gasteiger partial charge on any atom is 0.204 e. The quantitative estimate of drug-likeness (QED) is 0.361. The minimum absolute atomic E-state index is 0.616. The highest BCUT2D eigenvalue weighted by molar-refractivity contribution is 5.67. The molecule has 0 amide bonds. The molecular weight excluding hydrogens is 406 g/mol. The van der Waals surface area contributed by atoms with E-state index >= 15 is 0 Å². The number of hydrogen-bond donors (Lipinski definition) is 1. The van der Waals surface area contributed by atoms with Crippen molar-refractivity contribution in [3.63, 3.8) is 0 Å². The van der Waals surface area contributed by atoms with Crippen LogP contribution in [0.2, 0.25) is 0 Å². The highest BCUT2D eigenvalue weighted by atomic mass is 15.5. The van der Waals surface area contributed by atoms with Crippen LogP contribution in [0.25, 0.3) is 33.6 Å². The number of H-pyrrole nitrogens is 1. The van der Waals surface area contributed by atoms with Gasteiger partial charge in [-0.25, -0.2) is 0 Å². The Hall–Kier alpha value is -4.56. The van der Waals surface area contributed by atoms with E-state index in [9.17, 15) is 0 Å². The van der Waals surface area contributed by atoms with Crippen molar-refractivity contribution in [1.29, 1.82) is 5.26 Å². The van der Waals surface area contributed by atoms with Gasteiger partial charge in [-0.3, -0.25) is 0 Å². The van der Waals surface area contributed by atoms with Gasteiger partial charge in [-0.15, -0.1) is 10.2 Å². The smallest absolute Gasteiger partial charge is 0.192 e. The van der Waals surface area contributed by atoms with Gasteiger partial charge in [-0.05, 0) is 53.4 Å². The largest absolute Gasteiger partial charge is 0.204 e. The van der Waals surface area contributed by atoms with Crippen molar-refractivity contribution in [3.05, 3.63) is 114 Å². The van der Waals surface area contributed by atoms with Gasteiger partial charge in [0.25, 0.3) is 0 Å². The molecule has 5 nitrogen and oxygen atoms in total. The predicted octanol–water partition coefficient (Wildman–Crippen LogP) is 6.38. The molecule has 0 aliphatic heterocycles. The number of hydrogen-bond acceptors (Lipinski definition) is 4. The molecule has 0 unspecified atom stereocenters. The number of nitrogens with one attached hydrogen (secondary N) is 1. The summed E-state index contributed by atoms with van der Waals surface area (Å²) in [6, 6.07) is 34.7. The molecule has 5 rings (SSSR count). The normalized spacial score (nSPS) is 10.1. The zero-order valence-electron chi connectivity index (χ0n) is 18.5. The summed E-state index contributed by atoms with van der Waals surface area (Å²) < 4.78 is 0. The monoisotopic (exact) mass is 429 g/mol. The van der Waals surface area contributed by atoms with Crippen molar-refractivity contribution in [3.8, 4) is 39.7 Å². The van der Waals surface area contributed by atoms with Gasteiger partial charge in [-0.2, -0.15) is 10.5 Å². The highest BCUT2D eigenvalue weighted by Gasteiger charge is 2.03. The zero-order valence-corrected chi connectivity index (χ0v) is 18.5. The van der Waals surface area contributed by atoms with Gasteiger partial charge in [0.15, 0.2) is 0 Å².